The Morgan fingerprint density at radius 1 is 1.11 bits per heavy atom. The minimum atomic E-state index is -4.37. The van der Waals surface area contributed by atoms with Gasteiger partial charge in [0.15, 0.2) is 6.61 Å². The van der Waals surface area contributed by atoms with E-state index >= 15 is 0 Å². The summed E-state index contributed by atoms with van der Waals surface area (Å²) in [6.45, 7) is 2.43. The number of carbonyl (C=O) groups is 1. The van der Waals surface area contributed by atoms with Crippen LogP contribution in [-0.2, 0) is 46.7 Å². The molecule has 35 heavy (non-hydrogen) atoms. The lowest BCUT2D eigenvalue weighted by Crippen LogP contribution is -2.11. The van der Waals surface area contributed by atoms with Gasteiger partial charge in [-0.15, -0.1) is 10.2 Å². The molecule has 0 atom stereocenters. The summed E-state index contributed by atoms with van der Waals surface area (Å²) in [5.41, 5.74) is 0.715. The van der Waals surface area contributed by atoms with Crippen LogP contribution < -0.4 is 4.74 Å². The number of aromatic nitrogens is 5. The van der Waals surface area contributed by atoms with Crippen molar-refractivity contribution in [2.75, 3.05) is 6.61 Å². The van der Waals surface area contributed by atoms with Crippen LogP contribution >= 0.6 is 0 Å². The van der Waals surface area contributed by atoms with Crippen molar-refractivity contribution in [3.63, 3.8) is 0 Å². The number of pyridine rings is 1. The van der Waals surface area contributed by atoms with Crippen LogP contribution in [0.4, 0.5) is 13.2 Å². The third-order valence-electron chi connectivity index (χ3n) is 4.45. The minimum Gasteiger partial charge on any atom is -0.469 e. The van der Waals surface area contributed by atoms with Crippen LogP contribution in [0.3, 0.4) is 0 Å². The second kappa shape index (κ2) is 12.4. The van der Waals surface area contributed by atoms with Gasteiger partial charge in [-0.05, 0) is 35.4 Å². The quantitative estimate of drug-likeness (QED) is 0.215. The highest BCUT2D eigenvalue weighted by Gasteiger charge is 2.29. The first kappa shape index (κ1) is 25.6. The van der Waals surface area contributed by atoms with Crippen LogP contribution in [0.25, 0.3) is 0 Å². The Hall–Kier alpha value is -4.03. The molecule has 0 saturated carbocycles. The van der Waals surface area contributed by atoms with Gasteiger partial charge in [-0.25, -0.2) is 4.98 Å². The Labute approximate surface area is 198 Å². The molecule has 0 aliphatic rings. The van der Waals surface area contributed by atoms with Crippen LogP contribution in [-0.4, -0.2) is 44.0 Å². The average Bonchev–Trinajstić information content (AvgIpc) is 3.30. The van der Waals surface area contributed by atoms with Crippen LogP contribution in [0.1, 0.15) is 35.9 Å². The van der Waals surface area contributed by atoms with Crippen LogP contribution in [0.15, 0.2) is 47.8 Å². The first-order chi connectivity index (χ1) is 16.8. The molecule has 0 aliphatic carbocycles. The maximum Gasteiger partial charge on any atom is 0.416 e. The van der Waals surface area contributed by atoms with Crippen LogP contribution in [0.2, 0.25) is 0 Å². The Bertz CT molecular complexity index is 1100. The Balaban J connectivity index is 1.36. The lowest BCUT2D eigenvalue weighted by atomic mass is 10.1. The highest BCUT2D eigenvalue weighted by Crippen LogP contribution is 2.29. The van der Waals surface area contributed by atoms with Crippen molar-refractivity contribution in [3.05, 3.63) is 65.1 Å². The number of aryl methyl sites for hydroxylation is 1. The highest BCUT2D eigenvalue weighted by molar-refractivity contribution is 5.69. The number of ether oxygens (including phenoxy) is 2. The van der Waals surface area contributed by atoms with E-state index in [0.717, 1.165) is 17.7 Å². The number of nitrogens with zero attached hydrogens (tertiary/aromatic N) is 6. The van der Waals surface area contributed by atoms with Crippen LogP contribution in [0, 0.1) is 0 Å². The van der Waals surface area contributed by atoms with Gasteiger partial charge in [-0.1, -0.05) is 23.4 Å². The van der Waals surface area contributed by atoms with Gasteiger partial charge >= 0.3 is 12.1 Å². The molecule has 0 aliphatic heterocycles. The molecule has 0 amide bonds. The van der Waals surface area contributed by atoms with E-state index in [9.17, 15) is 18.0 Å². The molecule has 186 valence electrons. The standard InChI is InChI=1S/C22H23F3N6O4/c1-2-33-21(32)10-12-31-29-19(28-30-31)15-34-20-8-5-16(13-26-20)9-11-27-35-14-17-3-6-18(7-4-17)22(23,24)25/h3-8,11,13H,2,9-10,12,14-15H2,1H3. The first-order valence-electron chi connectivity index (χ1n) is 10.6. The van der Waals surface area contributed by atoms with E-state index in [-0.39, 0.29) is 32.1 Å². The van der Waals surface area contributed by atoms with Gasteiger partial charge in [-0.3, -0.25) is 4.79 Å². The predicted molar refractivity (Wildman–Crippen MR) is 116 cm³/mol. The summed E-state index contributed by atoms with van der Waals surface area (Å²) >= 11 is 0. The summed E-state index contributed by atoms with van der Waals surface area (Å²) < 4.78 is 48.1. The zero-order valence-electron chi connectivity index (χ0n) is 18.8. The molecular formula is C22H23F3N6O4. The molecule has 0 bridgehead atoms. The molecule has 1 aromatic carbocycles. The molecule has 0 N–H and O–H groups in total. The fraction of sp³-hybridized carbons (Fsp3) is 0.364. The normalized spacial score (nSPS) is 11.5. The molecule has 3 rings (SSSR count). The van der Waals surface area contributed by atoms with Crippen molar-refractivity contribution in [1.29, 1.82) is 0 Å². The molecule has 3 aromatic rings. The molecule has 2 heterocycles. The number of carbonyl (C=O) groups excluding carboxylic acids is 1. The van der Waals surface area contributed by atoms with E-state index in [4.69, 9.17) is 14.3 Å². The van der Waals surface area contributed by atoms with Crippen molar-refractivity contribution < 1.29 is 32.3 Å². The zero-order valence-corrected chi connectivity index (χ0v) is 18.8. The van der Waals surface area contributed by atoms with Gasteiger partial charge < -0.3 is 14.3 Å². The smallest absolute Gasteiger partial charge is 0.416 e. The number of esters is 1. The summed E-state index contributed by atoms with van der Waals surface area (Å²) in [7, 11) is 0. The Morgan fingerprint density at radius 2 is 1.89 bits per heavy atom. The monoisotopic (exact) mass is 492 g/mol. The van der Waals surface area contributed by atoms with E-state index < -0.39 is 11.7 Å². The second-order valence-electron chi connectivity index (χ2n) is 7.11. The van der Waals surface area contributed by atoms with E-state index in [1.54, 1.807) is 25.3 Å². The van der Waals surface area contributed by atoms with Gasteiger partial charge in [0.25, 0.3) is 0 Å². The summed E-state index contributed by atoms with van der Waals surface area (Å²) in [5, 5.41) is 15.6. The summed E-state index contributed by atoms with van der Waals surface area (Å²) in [6.07, 6.45) is -0.635. The maximum absolute atomic E-state index is 12.6. The molecule has 0 fully saturated rings. The number of alkyl halides is 3. The van der Waals surface area contributed by atoms with Crippen LogP contribution in [0.5, 0.6) is 5.88 Å². The van der Waals surface area contributed by atoms with Crippen molar-refractivity contribution in [2.45, 2.75) is 45.7 Å². The SMILES string of the molecule is CCOC(=O)CCn1nnc(COc2ccc(CC=NOCc3ccc(C(F)(F)F)cc3)cn2)n1. The van der Waals surface area contributed by atoms with Gasteiger partial charge in [0.05, 0.1) is 25.1 Å². The molecule has 0 saturated heterocycles. The molecule has 2 aromatic heterocycles. The number of tetrazole rings is 1. The van der Waals surface area contributed by atoms with Crippen molar-refractivity contribution >= 4 is 12.2 Å². The highest BCUT2D eigenvalue weighted by atomic mass is 19.4. The first-order valence-corrected chi connectivity index (χ1v) is 10.6. The number of halogens is 3. The van der Waals surface area contributed by atoms with Crippen molar-refractivity contribution in [1.82, 2.24) is 25.2 Å². The molecule has 0 radical (unpaired) electrons. The Morgan fingerprint density at radius 3 is 2.57 bits per heavy atom. The number of oxime groups is 1. The summed E-state index contributed by atoms with van der Waals surface area (Å²) in [5.74, 6) is 0.381. The molecule has 10 nitrogen and oxygen atoms in total. The third kappa shape index (κ3) is 8.68. The number of hydrogen-bond donors (Lipinski definition) is 0. The zero-order chi connectivity index (χ0) is 25.1. The predicted octanol–water partition coefficient (Wildman–Crippen LogP) is 3.36. The number of benzene rings is 1. The topological polar surface area (TPSA) is 114 Å². The van der Waals surface area contributed by atoms with E-state index in [1.807, 2.05) is 0 Å². The van der Waals surface area contributed by atoms with Gasteiger partial charge in [-0.2, -0.15) is 18.0 Å². The molecule has 0 spiro atoms. The summed E-state index contributed by atoms with van der Waals surface area (Å²) in [6, 6.07) is 8.18. The molecular weight excluding hydrogens is 469 g/mol. The Kier molecular flexibility index (Phi) is 9.09. The number of rotatable bonds is 12. The van der Waals surface area contributed by atoms with E-state index in [2.05, 4.69) is 25.6 Å². The second-order valence-corrected chi connectivity index (χ2v) is 7.11. The fourth-order valence-electron chi connectivity index (χ4n) is 2.71. The van der Waals surface area contributed by atoms with E-state index in [0.29, 0.717) is 30.3 Å². The maximum atomic E-state index is 12.6. The lowest BCUT2D eigenvalue weighted by molar-refractivity contribution is -0.143. The van der Waals surface area contributed by atoms with Gasteiger partial charge in [0.2, 0.25) is 11.7 Å². The van der Waals surface area contributed by atoms with Crippen molar-refractivity contribution in [3.8, 4) is 5.88 Å². The van der Waals surface area contributed by atoms with Crippen molar-refractivity contribution in [2.24, 2.45) is 5.16 Å². The third-order valence-corrected chi connectivity index (χ3v) is 4.45. The van der Waals surface area contributed by atoms with E-state index in [1.165, 1.54) is 23.1 Å². The molecule has 0 unspecified atom stereocenters. The van der Waals surface area contributed by atoms with Gasteiger partial charge in [0, 0.05) is 24.9 Å². The largest absolute Gasteiger partial charge is 0.469 e. The lowest BCUT2D eigenvalue weighted by Gasteiger charge is -2.07. The fourth-order valence-corrected chi connectivity index (χ4v) is 2.71. The minimum absolute atomic E-state index is 0.0567. The van der Waals surface area contributed by atoms with Gasteiger partial charge in [0.1, 0.15) is 6.61 Å². The summed E-state index contributed by atoms with van der Waals surface area (Å²) in [4.78, 5) is 22.0. The average molecular weight is 492 g/mol. The molecule has 13 heteroatoms. The number of hydrogen-bond acceptors (Lipinski definition) is 9.